The Bertz CT molecular complexity index is 3300. The first-order valence-electron chi connectivity index (χ1n) is 20.5. The van der Waals surface area contributed by atoms with Crippen LogP contribution in [0.2, 0.25) is 0 Å². The summed E-state index contributed by atoms with van der Waals surface area (Å²) in [5.74, 6) is 0. The fourth-order valence-corrected chi connectivity index (χ4v) is 8.78. The third-order valence-electron chi connectivity index (χ3n) is 11.7. The zero-order chi connectivity index (χ0) is 39.8. The maximum atomic E-state index is 6.39. The Labute approximate surface area is 349 Å². The topological polar surface area (TPSA) is 16.4 Å². The molecule has 0 saturated heterocycles. The molecule has 0 saturated carbocycles. The Morgan fingerprint density at radius 2 is 0.800 bits per heavy atom. The summed E-state index contributed by atoms with van der Waals surface area (Å²) < 4.78 is 6.39. The monoisotopic (exact) mass is 765 g/mol. The number of rotatable bonds is 8. The summed E-state index contributed by atoms with van der Waals surface area (Å²) in [6.45, 7) is 0. The first kappa shape index (κ1) is 35.2. The van der Waals surface area contributed by atoms with Gasteiger partial charge >= 0.3 is 0 Å². The molecule has 0 unspecified atom stereocenters. The first-order valence-corrected chi connectivity index (χ1v) is 20.5. The molecule has 282 valence electrons. The van der Waals surface area contributed by atoms with Gasteiger partial charge in [0.1, 0.15) is 11.2 Å². The normalized spacial score (nSPS) is 11.3. The van der Waals surface area contributed by atoms with Crippen LogP contribution in [0, 0.1) is 0 Å². The Morgan fingerprint density at radius 3 is 1.62 bits per heavy atom. The first-order chi connectivity index (χ1) is 29.7. The van der Waals surface area contributed by atoms with Crippen LogP contribution in [0.3, 0.4) is 0 Å². The van der Waals surface area contributed by atoms with Gasteiger partial charge in [0, 0.05) is 27.7 Å². The molecule has 0 spiro atoms. The summed E-state index contributed by atoms with van der Waals surface area (Å²) in [4.78, 5) is 2.40. The second-order valence-electron chi connectivity index (χ2n) is 15.3. The fourth-order valence-electron chi connectivity index (χ4n) is 8.78. The van der Waals surface area contributed by atoms with Crippen LogP contribution in [0.1, 0.15) is 0 Å². The zero-order valence-electron chi connectivity index (χ0n) is 32.9. The molecule has 1 heterocycles. The largest absolute Gasteiger partial charge is 0.456 e. The molecule has 2 nitrogen and oxygen atoms in total. The van der Waals surface area contributed by atoms with E-state index in [9.17, 15) is 0 Å². The molecule has 60 heavy (non-hydrogen) atoms. The third-order valence-corrected chi connectivity index (χ3v) is 11.7. The van der Waals surface area contributed by atoms with Crippen LogP contribution < -0.4 is 4.90 Å². The lowest BCUT2D eigenvalue weighted by atomic mass is 9.94. The summed E-state index contributed by atoms with van der Waals surface area (Å²) in [5.41, 5.74) is 16.8. The standard InChI is InChI=1S/C58H39NO/c1-2-14-40(15-3-1)41-30-32-42(33-31-41)43-34-36-48(37-35-43)59(55-27-8-6-23-52(55)53-26-13-29-57-58(53)54-24-7-9-28-56(54)60-57)49-21-11-19-46(39-49)45-18-10-20-47(38-45)51-25-12-17-44-16-4-5-22-50(44)51/h1-39H. The number of fused-ring (bicyclic) bond motifs is 4. The van der Waals surface area contributed by atoms with E-state index in [1.54, 1.807) is 0 Å². The maximum Gasteiger partial charge on any atom is 0.136 e. The molecule has 0 aliphatic rings. The molecule has 0 bridgehead atoms. The molecule has 0 aliphatic carbocycles. The minimum atomic E-state index is 0.880. The summed E-state index contributed by atoms with van der Waals surface area (Å²) in [6, 6.07) is 84.9. The number of nitrogens with zero attached hydrogens (tertiary/aromatic N) is 1. The highest BCUT2D eigenvalue weighted by molar-refractivity contribution is 6.14. The van der Waals surface area contributed by atoms with E-state index < -0.39 is 0 Å². The molecule has 0 amide bonds. The van der Waals surface area contributed by atoms with Gasteiger partial charge in [0.2, 0.25) is 0 Å². The quantitative estimate of drug-likeness (QED) is 0.153. The van der Waals surface area contributed by atoms with Crippen molar-refractivity contribution in [3.63, 3.8) is 0 Å². The smallest absolute Gasteiger partial charge is 0.136 e. The van der Waals surface area contributed by atoms with Crippen molar-refractivity contribution in [1.82, 2.24) is 0 Å². The van der Waals surface area contributed by atoms with Gasteiger partial charge in [-0.1, -0.05) is 188 Å². The molecule has 0 atom stereocenters. The van der Waals surface area contributed by atoms with E-state index in [1.165, 1.54) is 49.7 Å². The number of anilines is 3. The van der Waals surface area contributed by atoms with Crippen LogP contribution in [0.5, 0.6) is 0 Å². The van der Waals surface area contributed by atoms with Crippen molar-refractivity contribution in [3.05, 3.63) is 237 Å². The summed E-state index contributed by atoms with van der Waals surface area (Å²) in [6.07, 6.45) is 0. The van der Waals surface area contributed by atoms with E-state index in [4.69, 9.17) is 4.42 Å². The van der Waals surface area contributed by atoms with Gasteiger partial charge in [-0.15, -0.1) is 0 Å². The molecule has 0 N–H and O–H groups in total. The highest BCUT2D eigenvalue weighted by atomic mass is 16.3. The Hall–Kier alpha value is -7.94. The van der Waals surface area contributed by atoms with E-state index in [0.29, 0.717) is 0 Å². The number of furan rings is 1. The number of benzene rings is 10. The van der Waals surface area contributed by atoms with Crippen molar-refractivity contribution in [2.75, 3.05) is 4.90 Å². The maximum absolute atomic E-state index is 6.39. The lowest BCUT2D eigenvalue weighted by Gasteiger charge is -2.28. The van der Waals surface area contributed by atoms with Crippen LogP contribution in [0.25, 0.3) is 88.3 Å². The molecule has 0 fully saturated rings. The number of para-hydroxylation sites is 2. The summed E-state index contributed by atoms with van der Waals surface area (Å²) in [7, 11) is 0. The van der Waals surface area contributed by atoms with Gasteiger partial charge in [0.05, 0.1) is 5.69 Å². The molecular formula is C58H39NO. The molecule has 0 aliphatic heterocycles. The van der Waals surface area contributed by atoms with Gasteiger partial charge in [-0.05, 0) is 109 Å². The van der Waals surface area contributed by atoms with Gasteiger partial charge in [0.25, 0.3) is 0 Å². The van der Waals surface area contributed by atoms with Gasteiger partial charge in [-0.2, -0.15) is 0 Å². The SMILES string of the molecule is c1ccc(-c2ccc(-c3ccc(N(c4cccc(-c5cccc(-c6cccc7ccccc67)c5)c4)c4ccccc4-c4cccc5oc6ccccc6c45)cc3)cc2)cc1. The zero-order valence-corrected chi connectivity index (χ0v) is 32.9. The highest BCUT2D eigenvalue weighted by Gasteiger charge is 2.21. The number of hydrogen-bond donors (Lipinski definition) is 0. The van der Waals surface area contributed by atoms with E-state index in [1.807, 2.05) is 6.07 Å². The average molecular weight is 766 g/mol. The van der Waals surface area contributed by atoms with Gasteiger partial charge in [-0.25, -0.2) is 0 Å². The van der Waals surface area contributed by atoms with Crippen molar-refractivity contribution >= 4 is 49.8 Å². The van der Waals surface area contributed by atoms with E-state index in [-0.39, 0.29) is 0 Å². The van der Waals surface area contributed by atoms with Crippen LogP contribution in [-0.2, 0) is 0 Å². The third kappa shape index (κ3) is 6.41. The Morgan fingerprint density at radius 1 is 0.283 bits per heavy atom. The molecule has 2 heteroatoms. The number of hydrogen-bond acceptors (Lipinski definition) is 2. The van der Waals surface area contributed by atoms with Crippen molar-refractivity contribution in [1.29, 1.82) is 0 Å². The van der Waals surface area contributed by atoms with Crippen molar-refractivity contribution in [2.45, 2.75) is 0 Å². The van der Waals surface area contributed by atoms with Crippen LogP contribution in [0.4, 0.5) is 17.1 Å². The lowest BCUT2D eigenvalue weighted by molar-refractivity contribution is 0.669. The second kappa shape index (κ2) is 15.1. The minimum absolute atomic E-state index is 0.880. The lowest BCUT2D eigenvalue weighted by Crippen LogP contribution is -2.11. The molecule has 10 aromatic carbocycles. The molecule has 11 aromatic rings. The minimum Gasteiger partial charge on any atom is -0.456 e. The van der Waals surface area contributed by atoms with E-state index in [0.717, 1.165) is 55.7 Å². The molecular weight excluding hydrogens is 727 g/mol. The average Bonchev–Trinajstić information content (AvgIpc) is 3.72. The van der Waals surface area contributed by atoms with Gasteiger partial charge in [0.15, 0.2) is 0 Å². The van der Waals surface area contributed by atoms with Crippen LogP contribution in [-0.4, -0.2) is 0 Å². The van der Waals surface area contributed by atoms with Crippen LogP contribution in [0.15, 0.2) is 241 Å². The van der Waals surface area contributed by atoms with Crippen molar-refractivity contribution < 1.29 is 4.42 Å². The fraction of sp³-hybridized carbons (Fsp3) is 0. The predicted octanol–water partition coefficient (Wildman–Crippen LogP) is 16.5. The molecule has 1 aromatic heterocycles. The summed E-state index contributed by atoms with van der Waals surface area (Å²) >= 11 is 0. The Kier molecular flexibility index (Phi) is 8.87. The van der Waals surface area contributed by atoms with E-state index in [2.05, 4.69) is 235 Å². The van der Waals surface area contributed by atoms with Crippen molar-refractivity contribution in [2.24, 2.45) is 0 Å². The predicted molar refractivity (Wildman–Crippen MR) is 253 cm³/mol. The van der Waals surface area contributed by atoms with Gasteiger partial charge in [-0.3, -0.25) is 0 Å². The second-order valence-corrected chi connectivity index (χ2v) is 15.3. The molecule has 0 radical (unpaired) electrons. The summed E-state index contributed by atoms with van der Waals surface area (Å²) in [5, 5.41) is 4.73. The Balaban J connectivity index is 1.04. The van der Waals surface area contributed by atoms with Crippen LogP contribution >= 0.6 is 0 Å². The molecule has 11 rings (SSSR count). The van der Waals surface area contributed by atoms with Crippen molar-refractivity contribution in [3.8, 4) is 55.6 Å². The highest BCUT2D eigenvalue weighted by Crippen LogP contribution is 2.46. The van der Waals surface area contributed by atoms with E-state index >= 15 is 0 Å². The van der Waals surface area contributed by atoms with Gasteiger partial charge < -0.3 is 9.32 Å².